The summed E-state index contributed by atoms with van der Waals surface area (Å²) in [5, 5.41) is 2.52. The molecule has 19 heavy (non-hydrogen) atoms. The van der Waals surface area contributed by atoms with E-state index >= 15 is 0 Å². The molecule has 0 radical (unpaired) electrons. The van der Waals surface area contributed by atoms with Crippen molar-refractivity contribution in [1.82, 2.24) is 10.2 Å². The molecule has 104 valence electrons. The van der Waals surface area contributed by atoms with E-state index in [0.717, 1.165) is 0 Å². The second kappa shape index (κ2) is 7.23. The van der Waals surface area contributed by atoms with E-state index in [9.17, 15) is 14.0 Å². The van der Waals surface area contributed by atoms with Crippen LogP contribution in [0.25, 0.3) is 0 Å². The number of halogens is 2. The van der Waals surface area contributed by atoms with Crippen molar-refractivity contribution in [1.29, 1.82) is 0 Å². The Bertz CT molecular complexity index is 476. The Labute approximate surface area is 120 Å². The zero-order chi connectivity index (χ0) is 14.4. The molecule has 0 aromatic heterocycles. The fourth-order valence-electron chi connectivity index (χ4n) is 1.58. The number of carbonyl (C=O) groups is 2. The molecule has 1 aromatic rings. The molecule has 4 nitrogen and oxygen atoms in total. The van der Waals surface area contributed by atoms with Crippen LogP contribution in [0.15, 0.2) is 22.7 Å². The Kier molecular flexibility index (Phi) is 5.95. The van der Waals surface area contributed by atoms with Crippen molar-refractivity contribution < 1.29 is 14.0 Å². The number of benzene rings is 1. The van der Waals surface area contributed by atoms with Gasteiger partial charge in [-0.05, 0) is 48.0 Å². The highest BCUT2D eigenvalue weighted by atomic mass is 79.9. The summed E-state index contributed by atoms with van der Waals surface area (Å²) < 4.78 is 13.3. The van der Waals surface area contributed by atoms with Crippen LogP contribution in [0.2, 0.25) is 0 Å². The molecule has 0 aliphatic rings. The lowest BCUT2D eigenvalue weighted by molar-refractivity contribution is -0.129. The van der Waals surface area contributed by atoms with Crippen LogP contribution < -0.4 is 5.32 Å². The summed E-state index contributed by atoms with van der Waals surface area (Å²) in [7, 11) is 0. The third kappa shape index (κ3) is 4.31. The van der Waals surface area contributed by atoms with Gasteiger partial charge in [-0.15, -0.1) is 0 Å². The van der Waals surface area contributed by atoms with Crippen molar-refractivity contribution in [3.05, 3.63) is 34.1 Å². The van der Waals surface area contributed by atoms with E-state index in [-0.39, 0.29) is 16.9 Å². The van der Waals surface area contributed by atoms with Crippen LogP contribution in [-0.2, 0) is 4.79 Å². The van der Waals surface area contributed by atoms with Crippen LogP contribution in [-0.4, -0.2) is 36.3 Å². The van der Waals surface area contributed by atoms with E-state index in [1.807, 2.05) is 13.8 Å². The number of rotatable bonds is 5. The standard InChI is InChI=1S/C13H16BrFN2O2/c1-3-17(4-2)12(18)8-16-13(19)9-5-6-11(15)10(14)7-9/h5-7H,3-4,8H2,1-2H3,(H,16,19). The molecule has 2 amide bonds. The third-order valence-electron chi connectivity index (χ3n) is 2.70. The predicted octanol–water partition coefficient (Wildman–Crippen LogP) is 2.19. The highest BCUT2D eigenvalue weighted by Gasteiger charge is 2.13. The smallest absolute Gasteiger partial charge is 0.251 e. The van der Waals surface area contributed by atoms with Crippen molar-refractivity contribution in [3.8, 4) is 0 Å². The highest BCUT2D eigenvalue weighted by molar-refractivity contribution is 9.10. The molecule has 0 heterocycles. The van der Waals surface area contributed by atoms with Crippen molar-refractivity contribution >= 4 is 27.7 Å². The fraction of sp³-hybridized carbons (Fsp3) is 0.385. The molecule has 0 aliphatic carbocycles. The summed E-state index contributed by atoms with van der Waals surface area (Å²) in [5.74, 6) is -0.975. The fourth-order valence-corrected chi connectivity index (χ4v) is 1.96. The van der Waals surface area contributed by atoms with Gasteiger partial charge < -0.3 is 10.2 Å². The van der Waals surface area contributed by atoms with Gasteiger partial charge in [-0.3, -0.25) is 9.59 Å². The van der Waals surface area contributed by atoms with Gasteiger partial charge >= 0.3 is 0 Å². The van der Waals surface area contributed by atoms with Crippen molar-refractivity contribution in [3.63, 3.8) is 0 Å². The predicted molar refractivity (Wildman–Crippen MR) is 74.4 cm³/mol. The monoisotopic (exact) mass is 330 g/mol. The Morgan fingerprint density at radius 3 is 2.47 bits per heavy atom. The van der Waals surface area contributed by atoms with Gasteiger partial charge in [0.25, 0.3) is 5.91 Å². The topological polar surface area (TPSA) is 49.4 Å². The van der Waals surface area contributed by atoms with E-state index in [4.69, 9.17) is 0 Å². The van der Waals surface area contributed by atoms with E-state index in [1.54, 1.807) is 4.90 Å². The minimum absolute atomic E-state index is 0.0600. The van der Waals surface area contributed by atoms with E-state index < -0.39 is 11.7 Å². The molecule has 0 spiro atoms. The molecule has 0 saturated carbocycles. The van der Waals surface area contributed by atoms with Crippen LogP contribution in [0.1, 0.15) is 24.2 Å². The number of hydrogen-bond donors (Lipinski definition) is 1. The first-order chi connectivity index (χ1) is 8.99. The summed E-state index contributed by atoms with van der Waals surface area (Å²) in [6, 6.07) is 3.95. The maximum Gasteiger partial charge on any atom is 0.251 e. The van der Waals surface area contributed by atoms with Crippen LogP contribution in [0.4, 0.5) is 4.39 Å². The van der Waals surface area contributed by atoms with Gasteiger partial charge in [0.15, 0.2) is 0 Å². The van der Waals surface area contributed by atoms with Crippen molar-refractivity contribution in [2.24, 2.45) is 0 Å². The lowest BCUT2D eigenvalue weighted by Gasteiger charge is -2.18. The van der Waals surface area contributed by atoms with Gasteiger partial charge in [-0.1, -0.05) is 0 Å². The van der Waals surface area contributed by atoms with Crippen molar-refractivity contribution in [2.75, 3.05) is 19.6 Å². The number of amides is 2. The largest absolute Gasteiger partial charge is 0.343 e. The summed E-state index contributed by atoms with van der Waals surface area (Å²) in [6.07, 6.45) is 0. The Balaban J connectivity index is 2.60. The summed E-state index contributed by atoms with van der Waals surface area (Å²) in [4.78, 5) is 25.1. The van der Waals surface area contributed by atoms with Gasteiger partial charge in [0.2, 0.25) is 5.91 Å². The normalized spacial score (nSPS) is 10.1. The average molecular weight is 331 g/mol. The number of nitrogens with one attached hydrogen (secondary N) is 1. The van der Waals surface area contributed by atoms with Gasteiger partial charge in [0.1, 0.15) is 5.82 Å². The van der Waals surface area contributed by atoms with Crippen LogP contribution in [0, 0.1) is 5.82 Å². The second-order valence-corrected chi connectivity index (χ2v) is 4.73. The zero-order valence-corrected chi connectivity index (χ0v) is 12.5. The number of nitrogens with zero attached hydrogens (tertiary/aromatic N) is 1. The maximum absolute atomic E-state index is 13.0. The Morgan fingerprint density at radius 2 is 1.95 bits per heavy atom. The minimum Gasteiger partial charge on any atom is -0.343 e. The van der Waals surface area contributed by atoms with E-state index in [1.165, 1.54) is 18.2 Å². The zero-order valence-electron chi connectivity index (χ0n) is 10.9. The second-order valence-electron chi connectivity index (χ2n) is 3.88. The molecule has 0 saturated heterocycles. The first-order valence-electron chi connectivity index (χ1n) is 6.00. The van der Waals surface area contributed by atoms with Gasteiger partial charge in [0, 0.05) is 18.7 Å². The Morgan fingerprint density at radius 1 is 1.32 bits per heavy atom. The summed E-state index contributed by atoms with van der Waals surface area (Å²) >= 11 is 3.01. The van der Waals surface area contributed by atoms with E-state index in [0.29, 0.717) is 18.7 Å². The van der Waals surface area contributed by atoms with E-state index in [2.05, 4.69) is 21.2 Å². The van der Waals surface area contributed by atoms with Crippen LogP contribution >= 0.6 is 15.9 Å². The number of hydrogen-bond acceptors (Lipinski definition) is 2. The van der Waals surface area contributed by atoms with Crippen LogP contribution in [0.5, 0.6) is 0 Å². The maximum atomic E-state index is 13.0. The highest BCUT2D eigenvalue weighted by Crippen LogP contribution is 2.16. The number of likely N-dealkylation sites (N-methyl/N-ethyl adjacent to an activating group) is 1. The quantitative estimate of drug-likeness (QED) is 0.899. The van der Waals surface area contributed by atoms with Gasteiger partial charge in [-0.25, -0.2) is 4.39 Å². The first-order valence-corrected chi connectivity index (χ1v) is 6.79. The third-order valence-corrected chi connectivity index (χ3v) is 3.31. The van der Waals surface area contributed by atoms with Crippen molar-refractivity contribution in [2.45, 2.75) is 13.8 Å². The molecule has 0 bridgehead atoms. The molecule has 1 rings (SSSR count). The molecular weight excluding hydrogens is 315 g/mol. The number of carbonyl (C=O) groups excluding carboxylic acids is 2. The molecule has 0 fully saturated rings. The Hall–Kier alpha value is -1.43. The summed E-state index contributed by atoms with van der Waals surface area (Å²) in [6.45, 7) is 4.90. The molecule has 0 atom stereocenters. The molecule has 0 unspecified atom stereocenters. The lowest BCUT2D eigenvalue weighted by atomic mass is 10.2. The molecular formula is C13H16BrFN2O2. The molecule has 1 aromatic carbocycles. The first kappa shape index (κ1) is 15.6. The minimum atomic E-state index is -0.434. The molecule has 1 N–H and O–H groups in total. The average Bonchev–Trinajstić information content (AvgIpc) is 2.40. The van der Waals surface area contributed by atoms with Gasteiger partial charge in [0.05, 0.1) is 11.0 Å². The van der Waals surface area contributed by atoms with Crippen LogP contribution in [0.3, 0.4) is 0 Å². The summed E-state index contributed by atoms with van der Waals surface area (Å²) in [5.41, 5.74) is 0.306. The molecule has 0 aliphatic heterocycles. The lowest BCUT2D eigenvalue weighted by Crippen LogP contribution is -2.40. The molecule has 6 heteroatoms. The van der Waals surface area contributed by atoms with Gasteiger partial charge in [-0.2, -0.15) is 0 Å². The SMILES string of the molecule is CCN(CC)C(=O)CNC(=O)c1ccc(F)c(Br)c1.